The number of benzene rings is 2. The molecule has 0 aliphatic carbocycles. The quantitative estimate of drug-likeness (QED) is 0.683. The van der Waals surface area contributed by atoms with Crippen LogP contribution in [0.15, 0.2) is 59.7 Å². The van der Waals surface area contributed by atoms with Gasteiger partial charge in [0.2, 0.25) is 0 Å². The second-order valence-corrected chi connectivity index (χ2v) is 5.85. The highest BCUT2D eigenvalue weighted by molar-refractivity contribution is 6.33. The zero-order valence-electron chi connectivity index (χ0n) is 13.1. The molecule has 24 heavy (non-hydrogen) atoms. The number of nitrogens with one attached hydrogen (secondary N) is 1. The highest BCUT2D eigenvalue weighted by Crippen LogP contribution is 2.32. The standard InChI is InChI=1S/C18H16ClN3O2/c1-2-18(14-9-4-3-5-10-14)16(23)22(17(24)21-18)20-12-13-8-6-7-11-15(13)19/h3-12H,2H2,1H3,(H,21,24)/b20-12-/t18-/m1/s1. The molecular weight excluding hydrogens is 326 g/mol. The minimum atomic E-state index is -1.09. The average molecular weight is 342 g/mol. The topological polar surface area (TPSA) is 61.8 Å². The van der Waals surface area contributed by atoms with Crippen LogP contribution in [0.4, 0.5) is 4.79 Å². The van der Waals surface area contributed by atoms with Crippen molar-refractivity contribution in [2.24, 2.45) is 5.10 Å². The van der Waals surface area contributed by atoms with Gasteiger partial charge in [0.25, 0.3) is 5.91 Å². The van der Waals surface area contributed by atoms with Gasteiger partial charge in [0.05, 0.1) is 6.21 Å². The summed E-state index contributed by atoms with van der Waals surface area (Å²) in [5, 5.41) is 8.18. The van der Waals surface area contributed by atoms with Crippen molar-refractivity contribution >= 4 is 29.8 Å². The summed E-state index contributed by atoms with van der Waals surface area (Å²) in [5.74, 6) is -0.399. The summed E-state index contributed by atoms with van der Waals surface area (Å²) >= 11 is 6.07. The minimum absolute atomic E-state index is 0.399. The lowest BCUT2D eigenvalue weighted by atomic mass is 9.87. The molecule has 1 N–H and O–H groups in total. The smallest absolute Gasteiger partial charge is 0.318 e. The van der Waals surface area contributed by atoms with E-state index < -0.39 is 17.5 Å². The molecule has 0 aromatic heterocycles. The van der Waals surface area contributed by atoms with Crippen molar-refractivity contribution in [3.05, 3.63) is 70.7 Å². The molecule has 122 valence electrons. The van der Waals surface area contributed by atoms with Crippen LogP contribution < -0.4 is 5.32 Å². The minimum Gasteiger partial charge on any atom is -0.318 e. The third-order valence-electron chi connectivity index (χ3n) is 4.08. The Morgan fingerprint density at radius 2 is 1.79 bits per heavy atom. The van der Waals surface area contributed by atoms with E-state index >= 15 is 0 Å². The van der Waals surface area contributed by atoms with Crippen molar-refractivity contribution in [1.29, 1.82) is 0 Å². The van der Waals surface area contributed by atoms with Crippen molar-refractivity contribution in [3.8, 4) is 0 Å². The van der Waals surface area contributed by atoms with Crippen LogP contribution in [0.3, 0.4) is 0 Å². The molecule has 1 fully saturated rings. The molecule has 0 radical (unpaired) electrons. The monoisotopic (exact) mass is 341 g/mol. The fourth-order valence-corrected chi connectivity index (χ4v) is 2.91. The number of carbonyl (C=O) groups excluding carboxylic acids is 2. The molecule has 1 heterocycles. The predicted molar refractivity (Wildman–Crippen MR) is 92.8 cm³/mol. The molecular formula is C18H16ClN3O2. The number of halogens is 1. The van der Waals surface area contributed by atoms with E-state index in [9.17, 15) is 9.59 Å². The largest absolute Gasteiger partial charge is 0.346 e. The molecule has 0 bridgehead atoms. The summed E-state index contributed by atoms with van der Waals surface area (Å²) in [4.78, 5) is 25.2. The van der Waals surface area contributed by atoms with Gasteiger partial charge in [0.1, 0.15) is 5.54 Å². The molecule has 0 spiro atoms. The molecule has 0 unspecified atom stereocenters. The van der Waals surface area contributed by atoms with E-state index in [1.54, 1.807) is 24.3 Å². The Labute approximate surface area is 144 Å². The lowest BCUT2D eigenvalue weighted by Crippen LogP contribution is -2.43. The van der Waals surface area contributed by atoms with Crippen LogP contribution in [0.1, 0.15) is 24.5 Å². The zero-order chi connectivity index (χ0) is 17.2. The number of carbonyl (C=O) groups is 2. The molecule has 1 atom stereocenters. The van der Waals surface area contributed by atoms with Crippen molar-refractivity contribution < 1.29 is 9.59 Å². The van der Waals surface area contributed by atoms with Crippen LogP contribution in [-0.4, -0.2) is 23.2 Å². The van der Waals surface area contributed by atoms with E-state index in [1.807, 2.05) is 37.3 Å². The number of hydrogen-bond donors (Lipinski definition) is 1. The Morgan fingerprint density at radius 3 is 2.46 bits per heavy atom. The third-order valence-corrected chi connectivity index (χ3v) is 4.43. The van der Waals surface area contributed by atoms with E-state index in [0.29, 0.717) is 17.0 Å². The summed E-state index contributed by atoms with van der Waals surface area (Å²) in [6.07, 6.45) is 1.84. The summed E-state index contributed by atoms with van der Waals surface area (Å²) in [6.45, 7) is 1.85. The molecule has 5 nitrogen and oxygen atoms in total. The average Bonchev–Trinajstić information content (AvgIpc) is 2.86. The SMILES string of the molecule is CC[C@]1(c2ccccc2)NC(=O)N(/N=C\c2ccccc2Cl)C1=O. The molecule has 3 amide bonds. The van der Waals surface area contributed by atoms with Crippen LogP contribution >= 0.6 is 11.6 Å². The number of hydrogen-bond acceptors (Lipinski definition) is 3. The second kappa shape index (κ2) is 6.45. The zero-order valence-corrected chi connectivity index (χ0v) is 13.8. The Hall–Kier alpha value is -2.66. The van der Waals surface area contributed by atoms with Gasteiger partial charge in [0.15, 0.2) is 0 Å². The number of imide groups is 1. The molecule has 6 heteroatoms. The summed E-state index contributed by atoms with van der Waals surface area (Å²) < 4.78 is 0. The Balaban J connectivity index is 1.93. The Kier molecular flexibility index (Phi) is 4.36. The van der Waals surface area contributed by atoms with Gasteiger partial charge < -0.3 is 5.32 Å². The summed E-state index contributed by atoms with van der Waals surface area (Å²) in [7, 11) is 0. The number of rotatable bonds is 4. The highest BCUT2D eigenvalue weighted by Gasteiger charge is 2.51. The van der Waals surface area contributed by atoms with Crippen LogP contribution in [-0.2, 0) is 10.3 Å². The van der Waals surface area contributed by atoms with Crippen LogP contribution in [0.2, 0.25) is 5.02 Å². The lowest BCUT2D eigenvalue weighted by molar-refractivity contribution is -0.131. The summed E-state index contributed by atoms with van der Waals surface area (Å²) in [5.41, 5.74) is 0.283. The predicted octanol–water partition coefficient (Wildman–Crippen LogP) is 3.53. The van der Waals surface area contributed by atoms with Gasteiger partial charge in [-0.15, -0.1) is 5.01 Å². The van der Waals surface area contributed by atoms with Crippen molar-refractivity contribution in [2.45, 2.75) is 18.9 Å². The lowest BCUT2D eigenvalue weighted by Gasteiger charge is -2.24. The first-order valence-corrected chi connectivity index (χ1v) is 7.97. The van der Waals surface area contributed by atoms with Crippen molar-refractivity contribution in [2.75, 3.05) is 0 Å². The maximum atomic E-state index is 12.9. The van der Waals surface area contributed by atoms with E-state index in [0.717, 1.165) is 10.6 Å². The number of nitrogens with zero attached hydrogens (tertiary/aromatic N) is 2. The third kappa shape index (κ3) is 2.67. The van der Waals surface area contributed by atoms with Gasteiger partial charge in [-0.2, -0.15) is 5.10 Å². The first-order valence-electron chi connectivity index (χ1n) is 7.59. The fourth-order valence-electron chi connectivity index (χ4n) is 2.73. The first-order chi connectivity index (χ1) is 11.6. The number of hydrazone groups is 1. The Bertz CT molecular complexity index is 807. The molecule has 0 saturated carbocycles. The maximum Gasteiger partial charge on any atom is 0.346 e. The van der Waals surface area contributed by atoms with Gasteiger partial charge in [-0.25, -0.2) is 4.79 Å². The van der Waals surface area contributed by atoms with E-state index in [-0.39, 0.29) is 0 Å². The first kappa shape index (κ1) is 16.2. The van der Waals surface area contributed by atoms with E-state index in [1.165, 1.54) is 6.21 Å². The number of amides is 3. The number of urea groups is 1. The molecule has 1 aliphatic heterocycles. The van der Waals surface area contributed by atoms with Crippen LogP contribution in [0.5, 0.6) is 0 Å². The molecule has 1 saturated heterocycles. The van der Waals surface area contributed by atoms with Gasteiger partial charge in [-0.1, -0.05) is 67.1 Å². The molecule has 2 aromatic carbocycles. The van der Waals surface area contributed by atoms with E-state index in [4.69, 9.17) is 11.6 Å². The van der Waals surface area contributed by atoms with Gasteiger partial charge in [-0.05, 0) is 18.1 Å². The van der Waals surface area contributed by atoms with Crippen LogP contribution in [0.25, 0.3) is 0 Å². The normalized spacial score (nSPS) is 20.7. The second-order valence-electron chi connectivity index (χ2n) is 5.44. The van der Waals surface area contributed by atoms with Crippen molar-refractivity contribution in [3.63, 3.8) is 0 Å². The maximum absolute atomic E-state index is 12.9. The van der Waals surface area contributed by atoms with Gasteiger partial charge >= 0.3 is 6.03 Å². The highest BCUT2D eigenvalue weighted by atomic mass is 35.5. The van der Waals surface area contributed by atoms with Crippen molar-refractivity contribution in [1.82, 2.24) is 10.3 Å². The summed E-state index contributed by atoms with van der Waals surface area (Å²) in [6, 6.07) is 15.7. The van der Waals surface area contributed by atoms with Gasteiger partial charge in [-0.3, -0.25) is 4.79 Å². The van der Waals surface area contributed by atoms with Gasteiger partial charge in [0, 0.05) is 10.6 Å². The molecule has 1 aliphatic rings. The molecule has 2 aromatic rings. The molecule has 3 rings (SSSR count). The fraction of sp³-hybridized carbons (Fsp3) is 0.167. The van der Waals surface area contributed by atoms with Crippen LogP contribution in [0, 0.1) is 0 Å². The van der Waals surface area contributed by atoms with E-state index in [2.05, 4.69) is 10.4 Å². The Morgan fingerprint density at radius 1 is 1.12 bits per heavy atom.